The predicted molar refractivity (Wildman–Crippen MR) is 85.3 cm³/mol. The molecule has 0 aromatic heterocycles. The zero-order valence-electron chi connectivity index (χ0n) is 12.0. The number of rotatable bonds is 6. The number of phenolic OH excluding ortho intramolecular Hbond substituents is 1. The quantitative estimate of drug-likeness (QED) is 0.705. The molecule has 23 heavy (non-hydrogen) atoms. The van der Waals surface area contributed by atoms with Gasteiger partial charge in [-0.2, -0.15) is 0 Å². The van der Waals surface area contributed by atoms with Gasteiger partial charge in [0.2, 0.25) is 5.91 Å². The molecule has 2 rings (SSSR count). The number of hydrogen-bond donors (Lipinski definition) is 3. The van der Waals surface area contributed by atoms with Crippen molar-refractivity contribution in [3.05, 3.63) is 53.1 Å². The Bertz CT molecular complexity index is 715. The van der Waals surface area contributed by atoms with Crippen molar-refractivity contribution in [1.29, 1.82) is 0 Å². The number of amides is 1. The molecule has 7 heteroatoms. The van der Waals surface area contributed by atoms with Crippen LogP contribution in [0.2, 0.25) is 5.02 Å². The SMILES string of the molecule is O=C(CCOc1ccc(Cl)cc1)Nc1cc(C(=O)O)ccc1O. The minimum absolute atomic E-state index is 0.0319. The molecule has 0 radical (unpaired) electrons. The van der Waals surface area contributed by atoms with Crippen LogP contribution in [-0.2, 0) is 4.79 Å². The molecule has 0 saturated heterocycles. The largest absolute Gasteiger partial charge is 0.506 e. The number of carboxylic acid groups (broad SMARTS) is 1. The van der Waals surface area contributed by atoms with Crippen LogP contribution in [0, 0.1) is 0 Å². The molecule has 0 fully saturated rings. The lowest BCUT2D eigenvalue weighted by Crippen LogP contribution is -2.15. The number of anilines is 1. The van der Waals surface area contributed by atoms with Gasteiger partial charge in [-0.1, -0.05) is 11.6 Å². The van der Waals surface area contributed by atoms with Crippen LogP contribution >= 0.6 is 11.6 Å². The standard InChI is InChI=1S/C16H14ClNO5/c17-11-2-4-12(5-3-11)23-8-7-15(20)18-13-9-10(16(21)22)1-6-14(13)19/h1-6,9,19H,7-8H2,(H,18,20)(H,21,22). The Labute approximate surface area is 137 Å². The Balaban J connectivity index is 1.88. The average molecular weight is 336 g/mol. The minimum atomic E-state index is -1.15. The van der Waals surface area contributed by atoms with Gasteiger partial charge in [0.15, 0.2) is 0 Å². The topological polar surface area (TPSA) is 95.9 Å². The summed E-state index contributed by atoms with van der Waals surface area (Å²) in [4.78, 5) is 22.7. The molecule has 6 nitrogen and oxygen atoms in total. The van der Waals surface area contributed by atoms with Gasteiger partial charge in [-0.15, -0.1) is 0 Å². The van der Waals surface area contributed by atoms with Crippen molar-refractivity contribution in [3.63, 3.8) is 0 Å². The molecule has 0 saturated carbocycles. The smallest absolute Gasteiger partial charge is 0.335 e. The van der Waals surface area contributed by atoms with E-state index in [0.717, 1.165) is 0 Å². The van der Waals surface area contributed by atoms with Crippen LogP contribution in [0.1, 0.15) is 16.8 Å². The van der Waals surface area contributed by atoms with Crippen LogP contribution in [0.5, 0.6) is 11.5 Å². The summed E-state index contributed by atoms with van der Waals surface area (Å²) in [7, 11) is 0. The van der Waals surface area contributed by atoms with Gasteiger partial charge in [0, 0.05) is 5.02 Å². The number of nitrogens with one attached hydrogen (secondary N) is 1. The molecule has 0 heterocycles. The molecule has 0 unspecified atom stereocenters. The third kappa shape index (κ3) is 4.89. The molecular weight excluding hydrogens is 322 g/mol. The summed E-state index contributed by atoms with van der Waals surface area (Å²) in [6, 6.07) is 10.4. The molecule has 0 atom stereocenters. The summed E-state index contributed by atoms with van der Waals surface area (Å²) in [5, 5.41) is 21.6. The fourth-order valence-corrected chi connectivity index (χ4v) is 1.90. The highest BCUT2D eigenvalue weighted by atomic mass is 35.5. The molecule has 1 amide bonds. The number of aromatic hydroxyl groups is 1. The molecule has 3 N–H and O–H groups in total. The van der Waals surface area contributed by atoms with Crippen LogP contribution in [0.25, 0.3) is 0 Å². The highest BCUT2D eigenvalue weighted by molar-refractivity contribution is 6.30. The fourth-order valence-electron chi connectivity index (χ4n) is 1.77. The van der Waals surface area contributed by atoms with E-state index in [0.29, 0.717) is 10.8 Å². The van der Waals surface area contributed by atoms with E-state index < -0.39 is 11.9 Å². The average Bonchev–Trinajstić information content (AvgIpc) is 2.51. The first-order valence-electron chi connectivity index (χ1n) is 6.70. The van der Waals surface area contributed by atoms with E-state index in [9.17, 15) is 14.7 Å². The van der Waals surface area contributed by atoms with Gasteiger partial charge in [0.1, 0.15) is 11.5 Å². The van der Waals surface area contributed by atoms with Gasteiger partial charge in [-0.25, -0.2) is 4.79 Å². The summed E-state index contributed by atoms with van der Waals surface area (Å²) in [5.74, 6) is -1.18. The molecule has 0 bridgehead atoms. The van der Waals surface area contributed by atoms with E-state index in [4.69, 9.17) is 21.4 Å². The van der Waals surface area contributed by atoms with E-state index in [-0.39, 0.29) is 30.0 Å². The zero-order valence-corrected chi connectivity index (χ0v) is 12.7. The van der Waals surface area contributed by atoms with E-state index in [1.165, 1.54) is 18.2 Å². The molecule has 120 valence electrons. The Morgan fingerprint density at radius 3 is 2.48 bits per heavy atom. The molecule has 2 aromatic carbocycles. The Morgan fingerprint density at radius 1 is 1.13 bits per heavy atom. The molecule has 0 aliphatic carbocycles. The predicted octanol–water partition coefficient (Wildman–Crippen LogP) is 3.15. The number of hydrogen-bond acceptors (Lipinski definition) is 4. The number of halogens is 1. The van der Waals surface area contributed by atoms with Crippen LogP contribution in [0.3, 0.4) is 0 Å². The van der Waals surface area contributed by atoms with Crippen molar-refractivity contribution < 1.29 is 24.5 Å². The van der Waals surface area contributed by atoms with E-state index in [1.54, 1.807) is 24.3 Å². The summed E-state index contributed by atoms with van der Waals surface area (Å²) >= 11 is 5.75. The Morgan fingerprint density at radius 2 is 1.83 bits per heavy atom. The molecule has 2 aromatic rings. The van der Waals surface area contributed by atoms with Crippen molar-refractivity contribution >= 4 is 29.2 Å². The van der Waals surface area contributed by atoms with Crippen molar-refractivity contribution in [3.8, 4) is 11.5 Å². The minimum Gasteiger partial charge on any atom is -0.506 e. The fraction of sp³-hybridized carbons (Fsp3) is 0.125. The number of carboxylic acids is 1. The van der Waals surface area contributed by atoms with E-state index in [2.05, 4.69) is 5.32 Å². The summed E-state index contributed by atoms with van der Waals surface area (Å²) in [6.45, 7) is 0.132. The van der Waals surface area contributed by atoms with Gasteiger partial charge >= 0.3 is 5.97 Å². The monoisotopic (exact) mass is 335 g/mol. The van der Waals surface area contributed by atoms with Crippen molar-refractivity contribution in [2.75, 3.05) is 11.9 Å². The third-order valence-corrected chi connectivity index (χ3v) is 3.18. The van der Waals surface area contributed by atoms with Crippen molar-refractivity contribution in [2.45, 2.75) is 6.42 Å². The van der Waals surface area contributed by atoms with E-state index >= 15 is 0 Å². The highest BCUT2D eigenvalue weighted by Gasteiger charge is 2.10. The van der Waals surface area contributed by atoms with Gasteiger partial charge in [-0.05, 0) is 42.5 Å². The highest BCUT2D eigenvalue weighted by Crippen LogP contribution is 2.24. The van der Waals surface area contributed by atoms with E-state index in [1.807, 2.05) is 0 Å². The second-order valence-electron chi connectivity index (χ2n) is 4.64. The van der Waals surface area contributed by atoms with Crippen LogP contribution < -0.4 is 10.1 Å². The lowest BCUT2D eigenvalue weighted by atomic mass is 10.2. The number of carbonyl (C=O) groups excluding carboxylic acids is 1. The maximum atomic E-state index is 11.8. The second-order valence-corrected chi connectivity index (χ2v) is 5.07. The maximum absolute atomic E-state index is 11.8. The first kappa shape index (κ1) is 16.6. The molecule has 0 aliphatic rings. The van der Waals surface area contributed by atoms with Crippen molar-refractivity contribution in [1.82, 2.24) is 0 Å². The van der Waals surface area contributed by atoms with Gasteiger partial charge in [-0.3, -0.25) is 4.79 Å². The zero-order chi connectivity index (χ0) is 16.8. The Hall–Kier alpha value is -2.73. The molecular formula is C16H14ClNO5. The summed E-state index contributed by atoms with van der Waals surface area (Å²) in [5.41, 5.74) is 0.0110. The van der Waals surface area contributed by atoms with Gasteiger partial charge < -0.3 is 20.3 Å². The normalized spacial score (nSPS) is 10.1. The summed E-state index contributed by atoms with van der Waals surface area (Å²) < 4.78 is 5.39. The number of benzene rings is 2. The lowest BCUT2D eigenvalue weighted by molar-refractivity contribution is -0.116. The summed E-state index contributed by atoms with van der Waals surface area (Å²) in [6.07, 6.45) is 0.0410. The van der Waals surface area contributed by atoms with Crippen LogP contribution in [-0.4, -0.2) is 28.7 Å². The molecule has 0 aliphatic heterocycles. The first-order valence-corrected chi connectivity index (χ1v) is 7.08. The van der Waals surface area contributed by atoms with Gasteiger partial charge in [0.25, 0.3) is 0 Å². The number of phenols is 1. The Kier molecular flexibility index (Phi) is 5.43. The number of ether oxygens (including phenoxy) is 1. The van der Waals surface area contributed by atoms with Gasteiger partial charge in [0.05, 0.1) is 24.3 Å². The van der Waals surface area contributed by atoms with Crippen molar-refractivity contribution in [2.24, 2.45) is 0 Å². The first-order chi connectivity index (χ1) is 11.0. The maximum Gasteiger partial charge on any atom is 0.335 e. The number of carbonyl (C=O) groups is 2. The molecule has 0 spiro atoms. The lowest BCUT2D eigenvalue weighted by Gasteiger charge is -2.09. The second kappa shape index (κ2) is 7.51. The van der Waals surface area contributed by atoms with Crippen LogP contribution in [0.15, 0.2) is 42.5 Å². The third-order valence-electron chi connectivity index (χ3n) is 2.93. The van der Waals surface area contributed by atoms with Crippen LogP contribution in [0.4, 0.5) is 5.69 Å². The number of aromatic carboxylic acids is 1.